The third-order valence-electron chi connectivity index (χ3n) is 5.03. The first-order valence-corrected chi connectivity index (χ1v) is 12.3. The number of nitrogens with one attached hydrogen (secondary N) is 2. The van der Waals surface area contributed by atoms with Gasteiger partial charge in [-0.15, -0.1) is 0 Å². The van der Waals surface area contributed by atoms with Crippen molar-refractivity contribution >= 4 is 75.5 Å². The van der Waals surface area contributed by atoms with E-state index >= 15 is 0 Å². The van der Waals surface area contributed by atoms with Crippen LogP contribution in [0.4, 0.5) is 5.69 Å². The first-order chi connectivity index (χ1) is 17.6. The lowest BCUT2D eigenvalue weighted by atomic mass is 10.3. The van der Waals surface area contributed by atoms with Gasteiger partial charge in [-0.25, -0.2) is 0 Å². The Morgan fingerprint density at radius 1 is 0.946 bits per heavy atom. The van der Waals surface area contributed by atoms with Gasteiger partial charge in [-0.05, 0) is 12.1 Å². The monoisotopic (exact) mass is 604 g/mol. The maximum Gasteiger partial charge on any atom is 0.291 e. The van der Waals surface area contributed by atoms with E-state index in [4.69, 9.17) is 67.2 Å². The van der Waals surface area contributed by atoms with E-state index in [1.165, 1.54) is 23.0 Å². The lowest BCUT2D eigenvalue weighted by Crippen LogP contribution is -2.26. The molecular formula is C22H17Cl5N6O4. The topological polar surface area (TPSA) is 116 Å². The van der Waals surface area contributed by atoms with E-state index in [9.17, 15) is 9.59 Å². The van der Waals surface area contributed by atoms with Crippen LogP contribution >= 0.6 is 58.0 Å². The zero-order chi connectivity index (χ0) is 26.9. The van der Waals surface area contributed by atoms with E-state index in [0.717, 1.165) is 5.56 Å². The van der Waals surface area contributed by atoms with Crippen molar-refractivity contribution in [1.82, 2.24) is 24.9 Å². The fourth-order valence-electron chi connectivity index (χ4n) is 3.24. The van der Waals surface area contributed by atoms with Crippen LogP contribution in [-0.2, 0) is 27.2 Å². The Hall–Kier alpha value is -2.89. The average molecular weight is 607 g/mol. The molecule has 3 heterocycles. The molecule has 4 aromatic rings. The second kappa shape index (κ2) is 11.2. The summed E-state index contributed by atoms with van der Waals surface area (Å²) < 4.78 is 14.2. The molecule has 0 saturated carbocycles. The Bertz CT molecular complexity index is 1470. The number of rotatable bonds is 8. The van der Waals surface area contributed by atoms with Crippen LogP contribution in [0.25, 0.3) is 0 Å². The van der Waals surface area contributed by atoms with Crippen molar-refractivity contribution in [3.8, 4) is 5.75 Å². The molecule has 2 N–H and O–H groups in total. The molecule has 0 saturated heterocycles. The number of halogens is 5. The van der Waals surface area contributed by atoms with Crippen LogP contribution in [0.1, 0.15) is 32.4 Å². The van der Waals surface area contributed by atoms with Gasteiger partial charge in [0.2, 0.25) is 0 Å². The Labute approximate surface area is 235 Å². The van der Waals surface area contributed by atoms with Gasteiger partial charge >= 0.3 is 0 Å². The van der Waals surface area contributed by atoms with Crippen molar-refractivity contribution in [3.63, 3.8) is 0 Å². The lowest BCUT2D eigenvalue weighted by Gasteiger charge is -2.12. The van der Waals surface area contributed by atoms with Crippen LogP contribution in [0.2, 0.25) is 25.1 Å². The van der Waals surface area contributed by atoms with Crippen LogP contribution in [-0.4, -0.2) is 31.4 Å². The fraction of sp³-hybridized carbons (Fsp3) is 0.182. The normalized spacial score (nSPS) is 11.0. The predicted molar refractivity (Wildman–Crippen MR) is 140 cm³/mol. The van der Waals surface area contributed by atoms with E-state index in [1.54, 1.807) is 31.2 Å². The highest BCUT2D eigenvalue weighted by Gasteiger charge is 2.23. The summed E-state index contributed by atoms with van der Waals surface area (Å²) in [4.78, 5) is 25.5. The summed E-state index contributed by atoms with van der Waals surface area (Å²) in [5.74, 6) is -0.771. The van der Waals surface area contributed by atoms with Crippen molar-refractivity contribution in [2.75, 3.05) is 5.32 Å². The molecule has 15 heteroatoms. The van der Waals surface area contributed by atoms with Gasteiger partial charge in [0.15, 0.2) is 11.5 Å². The van der Waals surface area contributed by atoms with Crippen molar-refractivity contribution in [2.24, 2.45) is 14.1 Å². The summed E-state index contributed by atoms with van der Waals surface area (Å²) in [6, 6.07) is 2.97. The molecule has 37 heavy (non-hydrogen) atoms. The van der Waals surface area contributed by atoms with Gasteiger partial charge in [-0.3, -0.25) is 19.0 Å². The number of aryl methyl sites for hydroxylation is 2. The van der Waals surface area contributed by atoms with Gasteiger partial charge in [0.25, 0.3) is 11.8 Å². The number of carbonyl (C=O) groups is 2. The second-order valence-corrected chi connectivity index (χ2v) is 9.53. The van der Waals surface area contributed by atoms with E-state index in [-0.39, 0.29) is 66.9 Å². The zero-order valence-corrected chi connectivity index (χ0v) is 22.9. The Balaban J connectivity index is 1.42. The molecule has 0 fully saturated rings. The largest absolute Gasteiger partial charge is 0.482 e. The minimum atomic E-state index is -0.603. The van der Waals surface area contributed by atoms with E-state index in [0.29, 0.717) is 0 Å². The number of furan rings is 1. The molecule has 2 amide bonds. The maximum atomic E-state index is 12.8. The van der Waals surface area contributed by atoms with E-state index in [1.807, 2.05) is 0 Å². The number of ether oxygens (including phenoxy) is 1. The summed E-state index contributed by atoms with van der Waals surface area (Å²) in [7, 11) is 3.36. The SMILES string of the molecule is Cn1cc(CNC(=O)c2c(NC(=O)c3ccc(COc4c(Cl)c(Cl)c(Cl)c(Cl)c4Cl)o3)cnn2C)cn1. The van der Waals surface area contributed by atoms with Crippen LogP contribution in [0.15, 0.2) is 35.1 Å². The first-order valence-electron chi connectivity index (χ1n) is 10.4. The maximum absolute atomic E-state index is 12.8. The summed E-state index contributed by atoms with van der Waals surface area (Å²) in [5, 5.41) is 13.5. The van der Waals surface area contributed by atoms with Crippen molar-refractivity contribution in [3.05, 3.63) is 78.6 Å². The molecular weight excluding hydrogens is 590 g/mol. The third kappa shape index (κ3) is 5.83. The Kier molecular flexibility index (Phi) is 8.25. The number of anilines is 1. The van der Waals surface area contributed by atoms with Crippen LogP contribution in [0.3, 0.4) is 0 Å². The quantitative estimate of drug-likeness (QED) is 0.194. The second-order valence-electron chi connectivity index (χ2n) is 7.64. The molecule has 0 atom stereocenters. The molecule has 194 valence electrons. The van der Waals surface area contributed by atoms with Gasteiger partial charge in [0.05, 0.1) is 33.1 Å². The summed E-state index contributed by atoms with van der Waals surface area (Å²) >= 11 is 30.4. The highest BCUT2D eigenvalue weighted by molar-refractivity contribution is 6.55. The molecule has 1 aromatic carbocycles. The predicted octanol–water partition coefficient (Wildman–Crippen LogP) is 5.77. The molecule has 0 radical (unpaired) electrons. The van der Waals surface area contributed by atoms with Crippen LogP contribution in [0, 0.1) is 0 Å². The standard InChI is InChI=1S/C22H17Cl5N6O4/c1-32-8-10(6-29-32)5-28-22(35)19-12(7-30-33(19)2)31-21(34)13-4-3-11(37-13)9-36-20-17(26)15(24)14(23)16(25)18(20)27/h3-4,6-8H,5,9H2,1-2H3,(H,28,35)(H,31,34). The Morgan fingerprint density at radius 2 is 1.62 bits per heavy atom. The third-order valence-corrected chi connectivity index (χ3v) is 7.27. The molecule has 0 aliphatic heterocycles. The molecule has 10 nitrogen and oxygen atoms in total. The average Bonchev–Trinajstić information content (AvgIpc) is 3.60. The molecule has 0 aliphatic rings. The van der Waals surface area contributed by atoms with Gasteiger partial charge in [0, 0.05) is 32.4 Å². The number of nitrogens with zero attached hydrogens (tertiary/aromatic N) is 4. The van der Waals surface area contributed by atoms with Gasteiger partial charge in [-0.1, -0.05) is 58.0 Å². The minimum absolute atomic E-state index is 0.00293. The number of hydrogen-bond acceptors (Lipinski definition) is 6. The van der Waals surface area contributed by atoms with Crippen LogP contribution < -0.4 is 15.4 Å². The molecule has 3 aromatic heterocycles. The van der Waals surface area contributed by atoms with E-state index < -0.39 is 11.8 Å². The summed E-state index contributed by atoms with van der Waals surface area (Å²) in [6.07, 6.45) is 4.78. The van der Waals surface area contributed by atoms with Gasteiger partial charge in [0.1, 0.15) is 28.1 Å². The number of aromatic nitrogens is 4. The lowest BCUT2D eigenvalue weighted by molar-refractivity contribution is 0.0942. The minimum Gasteiger partial charge on any atom is -0.482 e. The smallest absolute Gasteiger partial charge is 0.291 e. The zero-order valence-electron chi connectivity index (χ0n) is 19.1. The van der Waals surface area contributed by atoms with Crippen molar-refractivity contribution in [1.29, 1.82) is 0 Å². The number of amides is 2. The Morgan fingerprint density at radius 3 is 2.27 bits per heavy atom. The van der Waals surface area contributed by atoms with Crippen molar-refractivity contribution in [2.45, 2.75) is 13.2 Å². The van der Waals surface area contributed by atoms with E-state index in [2.05, 4.69) is 20.8 Å². The fourth-order valence-corrected chi connectivity index (χ4v) is 4.47. The summed E-state index contributed by atoms with van der Waals surface area (Å²) in [6.45, 7) is 0.112. The van der Waals surface area contributed by atoms with Gasteiger partial charge < -0.3 is 19.8 Å². The van der Waals surface area contributed by atoms with Crippen molar-refractivity contribution < 1.29 is 18.7 Å². The number of hydrogen-bond donors (Lipinski definition) is 2. The molecule has 0 bridgehead atoms. The number of carbonyl (C=O) groups excluding carboxylic acids is 2. The highest BCUT2D eigenvalue weighted by Crippen LogP contribution is 2.48. The molecule has 0 spiro atoms. The van der Waals surface area contributed by atoms with Crippen LogP contribution in [0.5, 0.6) is 5.75 Å². The molecule has 0 aliphatic carbocycles. The highest BCUT2D eigenvalue weighted by atomic mass is 35.5. The molecule has 0 unspecified atom stereocenters. The first kappa shape index (κ1) is 27.2. The number of benzene rings is 1. The molecule has 4 rings (SSSR count). The van der Waals surface area contributed by atoms with Gasteiger partial charge in [-0.2, -0.15) is 10.2 Å². The summed E-state index contributed by atoms with van der Waals surface area (Å²) in [5.41, 5.74) is 1.18.